The van der Waals surface area contributed by atoms with E-state index in [1.54, 1.807) is 20.8 Å². The van der Waals surface area contributed by atoms with Gasteiger partial charge in [0, 0.05) is 56.2 Å². The molecule has 0 aliphatic carbocycles. The molecular formula is C27H34N8O2. The maximum absolute atomic E-state index is 9.56. The first-order valence-electron chi connectivity index (χ1n) is 12.8. The molecule has 4 aromatic rings. The Balaban J connectivity index is 0.000000182. The first-order chi connectivity index (χ1) is 18.0. The number of pyridine rings is 2. The summed E-state index contributed by atoms with van der Waals surface area (Å²) >= 11 is 0. The Labute approximate surface area is 217 Å². The molecule has 0 radical (unpaired) electrons. The van der Waals surface area contributed by atoms with E-state index in [0.717, 1.165) is 68.6 Å². The molecule has 6 heterocycles. The Bertz CT molecular complexity index is 1330. The summed E-state index contributed by atoms with van der Waals surface area (Å²) in [5.74, 6) is 2.46. The van der Waals surface area contributed by atoms with Crippen molar-refractivity contribution in [1.29, 1.82) is 0 Å². The summed E-state index contributed by atoms with van der Waals surface area (Å²) in [6.45, 7) is 12.1. The number of hydrogen-bond acceptors (Lipinski definition) is 9. The molecule has 4 aromatic heterocycles. The van der Waals surface area contributed by atoms with Crippen LogP contribution in [-0.4, -0.2) is 78.9 Å². The van der Waals surface area contributed by atoms with E-state index in [0.29, 0.717) is 23.0 Å². The van der Waals surface area contributed by atoms with Gasteiger partial charge in [0.05, 0.1) is 30.3 Å². The molecule has 10 nitrogen and oxygen atoms in total. The minimum atomic E-state index is 0.178. The molecule has 2 saturated heterocycles. The van der Waals surface area contributed by atoms with E-state index < -0.39 is 0 Å². The van der Waals surface area contributed by atoms with Crippen LogP contribution in [0, 0.1) is 20.8 Å². The van der Waals surface area contributed by atoms with Crippen molar-refractivity contribution in [2.24, 2.45) is 0 Å². The third kappa shape index (κ3) is 5.86. The number of anilines is 1. The van der Waals surface area contributed by atoms with Gasteiger partial charge in [-0.05, 0) is 51.8 Å². The van der Waals surface area contributed by atoms with Crippen LogP contribution in [0.3, 0.4) is 0 Å². The molecule has 1 N–H and O–H groups in total. The number of aryl methyl sites for hydroxylation is 3. The molecule has 2 aliphatic heterocycles. The molecule has 37 heavy (non-hydrogen) atoms. The highest BCUT2D eigenvalue weighted by molar-refractivity contribution is 5.63. The highest BCUT2D eigenvalue weighted by Crippen LogP contribution is 2.23. The van der Waals surface area contributed by atoms with Crippen molar-refractivity contribution in [1.82, 2.24) is 34.4 Å². The molecule has 2 fully saturated rings. The van der Waals surface area contributed by atoms with Crippen LogP contribution in [0.1, 0.15) is 35.7 Å². The third-order valence-electron chi connectivity index (χ3n) is 6.79. The van der Waals surface area contributed by atoms with Crippen LogP contribution in [0.4, 0.5) is 5.82 Å². The molecule has 0 unspecified atom stereocenters. The van der Waals surface area contributed by atoms with Crippen molar-refractivity contribution in [2.75, 3.05) is 44.3 Å². The van der Waals surface area contributed by atoms with Crippen molar-refractivity contribution in [3.8, 4) is 16.9 Å². The average Bonchev–Trinajstić information content (AvgIpc) is 3.59. The van der Waals surface area contributed by atoms with Gasteiger partial charge in [-0.1, -0.05) is 6.07 Å². The summed E-state index contributed by atoms with van der Waals surface area (Å²) in [6.07, 6.45) is 6.48. The predicted molar refractivity (Wildman–Crippen MR) is 142 cm³/mol. The fraction of sp³-hybridized carbons (Fsp3) is 0.444. The number of aromatic hydroxyl groups is 1. The molecule has 0 aromatic carbocycles. The molecule has 0 bridgehead atoms. The van der Waals surface area contributed by atoms with E-state index in [9.17, 15) is 5.11 Å². The van der Waals surface area contributed by atoms with E-state index in [-0.39, 0.29) is 5.75 Å². The number of nitrogens with zero attached hydrogens (tertiary/aromatic N) is 8. The molecule has 194 valence electrons. The second kappa shape index (κ2) is 11.2. The van der Waals surface area contributed by atoms with E-state index >= 15 is 0 Å². The zero-order valence-electron chi connectivity index (χ0n) is 21.8. The average molecular weight is 503 g/mol. The van der Waals surface area contributed by atoms with Gasteiger partial charge in [-0.15, -0.1) is 5.10 Å². The molecule has 0 atom stereocenters. The second-order valence-corrected chi connectivity index (χ2v) is 9.53. The fourth-order valence-electron chi connectivity index (χ4n) is 4.63. The Hall–Kier alpha value is -3.63. The number of aromatic nitrogens is 6. The van der Waals surface area contributed by atoms with E-state index in [1.165, 1.54) is 17.4 Å². The molecule has 10 heteroatoms. The summed E-state index contributed by atoms with van der Waals surface area (Å²) in [6, 6.07) is 8.55. The lowest BCUT2D eigenvalue weighted by molar-refractivity contribution is 0.0336. The minimum Gasteiger partial charge on any atom is -0.504 e. The van der Waals surface area contributed by atoms with E-state index in [4.69, 9.17) is 4.74 Å². The van der Waals surface area contributed by atoms with Crippen molar-refractivity contribution in [3.05, 3.63) is 59.6 Å². The normalized spacial score (nSPS) is 16.1. The lowest BCUT2D eigenvalue weighted by Gasteiger charge is -2.26. The van der Waals surface area contributed by atoms with Crippen molar-refractivity contribution in [2.45, 2.75) is 40.2 Å². The van der Waals surface area contributed by atoms with Crippen molar-refractivity contribution < 1.29 is 9.84 Å². The van der Waals surface area contributed by atoms with Gasteiger partial charge in [-0.3, -0.25) is 9.88 Å². The smallest absolute Gasteiger partial charge is 0.253 e. The molecule has 0 saturated carbocycles. The maximum atomic E-state index is 9.56. The molecule has 2 aliphatic rings. The van der Waals surface area contributed by atoms with Gasteiger partial charge in [-0.25, -0.2) is 9.97 Å². The standard InChI is InChI=1S/C19H24N4O.C8H10N4O/c1-2-8-23(7-1)19-6-4-17(14-21-19)16-3-5-18(20-13-16)15-22-9-11-24-12-10-22;1-4-7(13)5(2)12-8(9-4)10-6(3)11-12/h3-6,13-14H,1-2,7-12,15H2;13H,1-3H3. The monoisotopic (exact) mass is 502 g/mol. The Kier molecular flexibility index (Phi) is 7.57. The summed E-state index contributed by atoms with van der Waals surface area (Å²) in [5, 5.41) is 13.7. The zero-order chi connectivity index (χ0) is 25.8. The van der Waals surface area contributed by atoms with E-state index in [1.807, 2.05) is 12.4 Å². The second-order valence-electron chi connectivity index (χ2n) is 9.53. The highest BCUT2D eigenvalue weighted by atomic mass is 16.5. The summed E-state index contributed by atoms with van der Waals surface area (Å²) in [7, 11) is 0. The van der Waals surface area contributed by atoms with Gasteiger partial charge in [0.2, 0.25) is 0 Å². The lowest BCUT2D eigenvalue weighted by atomic mass is 10.1. The van der Waals surface area contributed by atoms with Gasteiger partial charge in [-0.2, -0.15) is 9.50 Å². The Morgan fingerprint density at radius 1 is 0.865 bits per heavy atom. The Morgan fingerprint density at radius 3 is 2.22 bits per heavy atom. The summed E-state index contributed by atoms with van der Waals surface area (Å²) in [4.78, 5) is 22.2. The fourth-order valence-corrected chi connectivity index (χ4v) is 4.63. The van der Waals surface area contributed by atoms with Gasteiger partial charge in [0.25, 0.3) is 5.78 Å². The van der Waals surface area contributed by atoms with Gasteiger partial charge >= 0.3 is 0 Å². The topological polar surface area (TPSA) is 105 Å². The third-order valence-corrected chi connectivity index (χ3v) is 6.79. The number of fused-ring (bicyclic) bond motifs is 1. The van der Waals surface area contributed by atoms with Crippen LogP contribution in [-0.2, 0) is 11.3 Å². The van der Waals surface area contributed by atoms with Gasteiger partial charge in [0.1, 0.15) is 11.6 Å². The first kappa shape index (κ1) is 25.0. The van der Waals surface area contributed by atoms with Crippen molar-refractivity contribution in [3.63, 3.8) is 0 Å². The zero-order valence-corrected chi connectivity index (χ0v) is 21.8. The maximum Gasteiger partial charge on any atom is 0.253 e. The largest absolute Gasteiger partial charge is 0.504 e. The predicted octanol–water partition coefficient (Wildman–Crippen LogP) is 3.33. The van der Waals surface area contributed by atoms with Crippen LogP contribution < -0.4 is 4.90 Å². The minimum absolute atomic E-state index is 0.178. The molecule has 0 spiro atoms. The highest BCUT2D eigenvalue weighted by Gasteiger charge is 2.14. The summed E-state index contributed by atoms with van der Waals surface area (Å²) < 4.78 is 6.93. The van der Waals surface area contributed by atoms with E-state index in [2.05, 4.69) is 59.1 Å². The first-order valence-corrected chi connectivity index (χ1v) is 12.8. The quantitative estimate of drug-likeness (QED) is 0.450. The lowest BCUT2D eigenvalue weighted by Crippen LogP contribution is -2.35. The molecular weight excluding hydrogens is 468 g/mol. The molecule has 6 rings (SSSR count). The summed E-state index contributed by atoms with van der Waals surface area (Å²) in [5.41, 5.74) is 4.62. The number of hydrogen-bond donors (Lipinski definition) is 1. The SMILES string of the molecule is Cc1nc2nc(C)c(O)c(C)n2n1.c1cc(CN2CCOCC2)ncc1-c1ccc(N2CCCC2)nc1. The number of rotatable bonds is 4. The van der Waals surface area contributed by atoms with Crippen LogP contribution >= 0.6 is 0 Å². The van der Waals surface area contributed by atoms with Crippen LogP contribution in [0.15, 0.2) is 36.7 Å². The molecule has 0 amide bonds. The van der Waals surface area contributed by atoms with Crippen LogP contribution in [0.2, 0.25) is 0 Å². The van der Waals surface area contributed by atoms with Gasteiger partial charge < -0.3 is 14.7 Å². The van der Waals surface area contributed by atoms with Crippen LogP contribution in [0.5, 0.6) is 5.75 Å². The Morgan fingerprint density at radius 2 is 1.57 bits per heavy atom. The number of ether oxygens (including phenoxy) is 1. The number of morpholine rings is 1. The van der Waals surface area contributed by atoms with Gasteiger partial charge in [0.15, 0.2) is 5.75 Å². The van der Waals surface area contributed by atoms with Crippen molar-refractivity contribution >= 4 is 11.6 Å². The van der Waals surface area contributed by atoms with Crippen LogP contribution in [0.25, 0.3) is 16.9 Å².